The molecule has 0 fully saturated rings. The Hall–Kier alpha value is -5.08. The van der Waals surface area contributed by atoms with Crippen LogP contribution in [0.4, 0.5) is 0 Å². The fourth-order valence-electron chi connectivity index (χ4n) is 7.21. The standard InChI is InChI=1S/C38H26N2/c1-24-27-13-5-6-14-29(27)33-23-26(19-20-28(24)33)39-35-18-10-8-16-32(35)37-36(39)22-21-31-30-15-7-9-17-34(30)40(38(31)37)25-11-3-2-4-12-25/h2-24H,1H3. The van der Waals surface area contributed by atoms with E-state index in [4.69, 9.17) is 0 Å². The average Bonchev–Trinajstić information content (AvgIpc) is 3.63. The zero-order chi connectivity index (χ0) is 26.4. The lowest BCUT2D eigenvalue weighted by Gasteiger charge is -2.12. The van der Waals surface area contributed by atoms with Crippen LogP contribution in [-0.2, 0) is 0 Å². The second kappa shape index (κ2) is 7.97. The topological polar surface area (TPSA) is 9.86 Å². The van der Waals surface area contributed by atoms with Crippen molar-refractivity contribution in [2.24, 2.45) is 0 Å². The van der Waals surface area contributed by atoms with Crippen LogP contribution in [0.15, 0.2) is 133 Å². The third kappa shape index (κ3) is 2.78. The lowest BCUT2D eigenvalue weighted by molar-refractivity contribution is 0.955. The van der Waals surface area contributed by atoms with Crippen molar-refractivity contribution in [2.75, 3.05) is 0 Å². The lowest BCUT2D eigenvalue weighted by atomic mass is 9.99. The number of fused-ring (bicyclic) bond motifs is 10. The van der Waals surface area contributed by atoms with Gasteiger partial charge in [0.15, 0.2) is 0 Å². The van der Waals surface area contributed by atoms with Gasteiger partial charge in [-0.05, 0) is 64.7 Å². The maximum atomic E-state index is 2.46. The molecular formula is C38H26N2. The molecule has 0 bridgehead atoms. The van der Waals surface area contributed by atoms with Crippen LogP contribution in [0.5, 0.6) is 0 Å². The van der Waals surface area contributed by atoms with Gasteiger partial charge in [-0.2, -0.15) is 0 Å². The summed E-state index contributed by atoms with van der Waals surface area (Å²) in [4.78, 5) is 0. The van der Waals surface area contributed by atoms with Crippen molar-refractivity contribution in [2.45, 2.75) is 12.8 Å². The van der Waals surface area contributed by atoms with Crippen LogP contribution < -0.4 is 0 Å². The molecule has 0 amide bonds. The van der Waals surface area contributed by atoms with Gasteiger partial charge >= 0.3 is 0 Å². The number of para-hydroxylation sites is 3. The molecule has 1 unspecified atom stereocenters. The van der Waals surface area contributed by atoms with Gasteiger partial charge in [0.2, 0.25) is 0 Å². The molecule has 8 aromatic rings. The highest BCUT2D eigenvalue weighted by Crippen LogP contribution is 2.46. The predicted molar refractivity (Wildman–Crippen MR) is 168 cm³/mol. The number of nitrogens with zero attached hydrogens (tertiary/aromatic N) is 2. The van der Waals surface area contributed by atoms with Crippen molar-refractivity contribution in [1.82, 2.24) is 9.13 Å². The molecule has 1 aliphatic carbocycles. The second-order valence-electron chi connectivity index (χ2n) is 11.0. The second-order valence-corrected chi connectivity index (χ2v) is 11.0. The van der Waals surface area contributed by atoms with Gasteiger partial charge in [-0.25, -0.2) is 0 Å². The normalized spacial score (nSPS) is 14.4. The van der Waals surface area contributed by atoms with Gasteiger partial charge in [0.25, 0.3) is 0 Å². The van der Waals surface area contributed by atoms with E-state index >= 15 is 0 Å². The molecule has 1 aliphatic rings. The smallest absolute Gasteiger partial charge is 0.0641 e. The van der Waals surface area contributed by atoms with Gasteiger partial charge in [-0.3, -0.25) is 0 Å². The Morgan fingerprint density at radius 1 is 0.450 bits per heavy atom. The van der Waals surface area contributed by atoms with Gasteiger partial charge in [0.05, 0.1) is 22.1 Å². The van der Waals surface area contributed by atoms with E-state index in [9.17, 15) is 0 Å². The first-order valence-electron chi connectivity index (χ1n) is 14.0. The van der Waals surface area contributed by atoms with Gasteiger partial charge < -0.3 is 9.13 Å². The maximum absolute atomic E-state index is 2.46. The van der Waals surface area contributed by atoms with Crippen LogP contribution in [0, 0.1) is 0 Å². The van der Waals surface area contributed by atoms with Crippen LogP contribution in [0.25, 0.3) is 66.1 Å². The molecule has 188 valence electrons. The van der Waals surface area contributed by atoms with Crippen LogP contribution in [0.1, 0.15) is 24.0 Å². The summed E-state index contributed by atoms with van der Waals surface area (Å²) in [5, 5.41) is 5.13. The molecule has 2 aromatic heterocycles. The molecule has 0 spiro atoms. The summed E-state index contributed by atoms with van der Waals surface area (Å²) < 4.78 is 4.91. The van der Waals surface area contributed by atoms with Gasteiger partial charge in [0.1, 0.15) is 0 Å². The molecule has 0 radical (unpaired) electrons. The summed E-state index contributed by atoms with van der Waals surface area (Å²) in [5.74, 6) is 0.416. The molecule has 0 saturated heterocycles. The minimum absolute atomic E-state index is 0.416. The molecular weight excluding hydrogens is 484 g/mol. The van der Waals surface area contributed by atoms with Crippen molar-refractivity contribution in [3.63, 3.8) is 0 Å². The summed E-state index contributed by atoms with van der Waals surface area (Å²) >= 11 is 0. The maximum Gasteiger partial charge on any atom is 0.0641 e. The fourth-order valence-corrected chi connectivity index (χ4v) is 7.21. The van der Waals surface area contributed by atoms with Crippen molar-refractivity contribution < 1.29 is 0 Å². The van der Waals surface area contributed by atoms with Gasteiger partial charge in [-0.15, -0.1) is 0 Å². The minimum atomic E-state index is 0.416. The van der Waals surface area contributed by atoms with E-state index in [1.165, 1.54) is 77.2 Å². The zero-order valence-corrected chi connectivity index (χ0v) is 22.2. The largest absolute Gasteiger partial charge is 0.309 e. The summed E-state index contributed by atoms with van der Waals surface area (Å²) in [7, 11) is 0. The molecule has 0 aliphatic heterocycles. The molecule has 9 rings (SSSR count). The number of hydrogen-bond acceptors (Lipinski definition) is 0. The Kier molecular flexibility index (Phi) is 4.34. The Morgan fingerprint density at radius 2 is 1.12 bits per heavy atom. The third-order valence-corrected chi connectivity index (χ3v) is 8.96. The third-order valence-electron chi connectivity index (χ3n) is 8.96. The first-order valence-corrected chi connectivity index (χ1v) is 14.0. The van der Waals surface area contributed by atoms with E-state index in [1.807, 2.05) is 0 Å². The Morgan fingerprint density at radius 3 is 1.98 bits per heavy atom. The molecule has 2 heterocycles. The molecule has 0 N–H and O–H groups in total. The molecule has 0 saturated carbocycles. The van der Waals surface area contributed by atoms with Crippen molar-refractivity contribution >= 4 is 43.6 Å². The molecule has 1 atom stereocenters. The molecule has 2 nitrogen and oxygen atoms in total. The van der Waals surface area contributed by atoms with E-state index in [2.05, 4.69) is 150 Å². The van der Waals surface area contributed by atoms with Gasteiger partial charge in [-0.1, -0.05) is 97.9 Å². The summed E-state index contributed by atoms with van der Waals surface area (Å²) in [6.45, 7) is 2.32. The monoisotopic (exact) mass is 510 g/mol. The Balaban J connectivity index is 1.43. The molecule has 2 heteroatoms. The molecule has 40 heavy (non-hydrogen) atoms. The first kappa shape index (κ1) is 21.8. The predicted octanol–water partition coefficient (Wildman–Crippen LogP) is 10.0. The quantitative estimate of drug-likeness (QED) is 0.219. The van der Waals surface area contributed by atoms with E-state index in [0.717, 1.165) is 0 Å². The Bertz CT molecular complexity index is 2280. The van der Waals surface area contributed by atoms with Crippen LogP contribution in [0.2, 0.25) is 0 Å². The number of benzene rings is 6. The highest BCUT2D eigenvalue weighted by atomic mass is 15.0. The van der Waals surface area contributed by atoms with E-state index < -0.39 is 0 Å². The number of hydrogen-bond donors (Lipinski definition) is 0. The number of rotatable bonds is 2. The minimum Gasteiger partial charge on any atom is -0.309 e. The van der Waals surface area contributed by atoms with Crippen molar-refractivity contribution in [3.8, 4) is 22.5 Å². The summed E-state index contributed by atoms with van der Waals surface area (Å²) in [5.41, 5.74) is 12.9. The van der Waals surface area contributed by atoms with E-state index in [-0.39, 0.29) is 0 Å². The summed E-state index contributed by atoms with van der Waals surface area (Å²) in [6.07, 6.45) is 0. The van der Waals surface area contributed by atoms with Crippen LogP contribution in [-0.4, -0.2) is 9.13 Å². The first-order chi connectivity index (χ1) is 19.8. The van der Waals surface area contributed by atoms with Crippen molar-refractivity contribution in [3.05, 3.63) is 145 Å². The van der Waals surface area contributed by atoms with Crippen molar-refractivity contribution in [1.29, 1.82) is 0 Å². The van der Waals surface area contributed by atoms with Crippen LogP contribution >= 0.6 is 0 Å². The Labute approximate surface area is 232 Å². The SMILES string of the molecule is CC1c2ccccc2-c2cc(-n3c4ccccc4c4c3ccc3c5ccccc5n(-c5ccccc5)c34)ccc21. The van der Waals surface area contributed by atoms with Gasteiger partial charge in [0, 0.05) is 38.8 Å². The summed E-state index contributed by atoms with van der Waals surface area (Å²) in [6, 6.07) is 49.0. The molecule has 6 aromatic carbocycles. The number of aromatic nitrogens is 2. The lowest BCUT2D eigenvalue weighted by Crippen LogP contribution is -1.96. The average molecular weight is 511 g/mol. The van der Waals surface area contributed by atoms with E-state index in [0.29, 0.717) is 5.92 Å². The highest BCUT2D eigenvalue weighted by molar-refractivity contribution is 6.26. The fraction of sp³-hybridized carbons (Fsp3) is 0.0526. The van der Waals surface area contributed by atoms with E-state index in [1.54, 1.807) is 0 Å². The highest BCUT2D eigenvalue weighted by Gasteiger charge is 2.26. The van der Waals surface area contributed by atoms with Crippen LogP contribution in [0.3, 0.4) is 0 Å². The zero-order valence-electron chi connectivity index (χ0n) is 22.2.